The van der Waals surface area contributed by atoms with Crippen molar-refractivity contribution in [1.82, 2.24) is 14.5 Å². The van der Waals surface area contributed by atoms with E-state index >= 15 is 0 Å². The third-order valence-electron chi connectivity index (χ3n) is 2.43. The highest BCUT2D eigenvalue weighted by Crippen LogP contribution is 2.20. The highest BCUT2D eigenvalue weighted by molar-refractivity contribution is 5.73. The van der Waals surface area contributed by atoms with Gasteiger partial charge in [-0.15, -0.1) is 0 Å². The Morgan fingerprint density at radius 2 is 2.43 bits per heavy atom. The zero-order chi connectivity index (χ0) is 10.1. The predicted octanol–water partition coefficient (Wildman–Crippen LogP) is -0.0559. The van der Waals surface area contributed by atoms with E-state index < -0.39 is 0 Å². The van der Waals surface area contributed by atoms with Crippen LogP contribution in [0.1, 0.15) is 18.3 Å². The molecular formula is C9H11N3O2. The second-order valence-electron chi connectivity index (χ2n) is 3.33. The van der Waals surface area contributed by atoms with Gasteiger partial charge in [-0.1, -0.05) is 0 Å². The van der Waals surface area contributed by atoms with Crippen molar-refractivity contribution in [3.8, 4) is 0 Å². The van der Waals surface area contributed by atoms with E-state index in [1.54, 1.807) is 15.8 Å². The number of aldehydes is 1. The lowest BCUT2D eigenvalue weighted by atomic mass is 10.4. The first-order chi connectivity index (χ1) is 6.72. The predicted molar refractivity (Wildman–Crippen MR) is 48.2 cm³/mol. The molecule has 1 amide bonds. The fourth-order valence-electron chi connectivity index (χ4n) is 1.64. The van der Waals surface area contributed by atoms with Gasteiger partial charge >= 0.3 is 0 Å². The number of rotatable bonds is 2. The van der Waals surface area contributed by atoms with Gasteiger partial charge in [-0.05, 0) is 0 Å². The summed E-state index contributed by atoms with van der Waals surface area (Å²) in [7, 11) is 0. The average molecular weight is 193 g/mol. The van der Waals surface area contributed by atoms with Crippen LogP contribution in [-0.2, 0) is 29.2 Å². The van der Waals surface area contributed by atoms with Crippen LogP contribution in [0.5, 0.6) is 0 Å². The van der Waals surface area contributed by atoms with Gasteiger partial charge < -0.3 is 14.3 Å². The van der Waals surface area contributed by atoms with Gasteiger partial charge in [0.15, 0.2) is 0 Å². The lowest BCUT2D eigenvalue weighted by molar-refractivity contribution is -0.129. The van der Waals surface area contributed by atoms with Crippen LogP contribution in [0.2, 0.25) is 0 Å². The Morgan fingerprint density at radius 3 is 3.07 bits per heavy atom. The summed E-state index contributed by atoms with van der Waals surface area (Å²) in [4.78, 5) is 27.3. The highest BCUT2D eigenvalue weighted by atomic mass is 16.2. The standard InChI is InChI=1S/C9H11N3O2/c1-7(14)12-4-8-9(5-12)11(2-3-13)6-10-8/h3,6H,2,4-5H2,1H3. The van der Waals surface area contributed by atoms with Gasteiger partial charge in [-0.2, -0.15) is 0 Å². The van der Waals surface area contributed by atoms with Crippen LogP contribution >= 0.6 is 0 Å². The maximum Gasteiger partial charge on any atom is 0.220 e. The lowest BCUT2D eigenvalue weighted by Crippen LogP contribution is -2.23. The van der Waals surface area contributed by atoms with Gasteiger partial charge in [0.05, 0.1) is 37.3 Å². The maximum atomic E-state index is 11.1. The number of amides is 1. The lowest BCUT2D eigenvalue weighted by Gasteiger charge is -2.12. The van der Waals surface area contributed by atoms with Crippen molar-refractivity contribution < 1.29 is 9.59 Å². The second-order valence-corrected chi connectivity index (χ2v) is 3.33. The van der Waals surface area contributed by atoms with Crippen LogP contribution < -0.4 is 0 Å². The van der Waals surface area contributed by atoms with E-state index in [2.05, 4.69) is 4.98 Å². The molecule has 2 heterocycles. The molecule has 14 heavy (non-hydrogen) atoms. The minimum absolute atomic E-state index is 0.0423. The topological polar surface area (TPSA) is 55.2 Å². The molecule has 0 saturated heterocycles. The molecule has 0 unspecified atom stereocenters. The number of hydrogen-bond acceptors (Lipinski definition) is 3. The molecule has 0 saturated carbocycles. The van der Waals surface area contributed by atoms with Crippen LogP contribution in [0.15, 0.2) is 6.33 Å². The van der Waals surface area contributed by atoms with E-state index in [9.17, 15) is 9.59 Å². The molecule has 0 bridgehead atoms. The van der Waals surface area contributed by atoms with Crippen LogP contribution in [0.3, 0.4) is 0 Å². The number of imidazole rings is 1. The number of carbonyl (C=O) groups is 2. The molecule has 1 aliphatic rings. The number of fused-ring (bicyclic) bond motifs is 1. The molecule has 5 heteroatoms. The van der Waals surface area contributed by atoms with Crippen molar-refractivity contribution in [2.75, 3.05) is 0 Å². The molecule has 74 valence electrons. The molecule has 0 spiro atoms. The minimum atomic E-state index is 0.0423. The van der Waals surface area contributed by atoms with Crippen molar-refractivity contribution in [3.05, 3.63) is 17.7 Å². The molecule has 2 rings (SSSR count). The van der Waals surface area contributed by atoms with Crippen molar-refractivity contribution in [2.45, 2.75) is 26.6 Å². The molecule has 0 aliphatic carbocycles. The smallest absolute Gasteiger partial charge is 0.220 e. The second kappa shape index (κ2) is 3.25. The largest absolute Gasteiger partial charge is 0.331 e. The summed E-state index contributed by atoms with van der Waals surface area (Å²) in [5.41, 5.74) is 1.88. The van der Waals surface area contributed by atoms with E-state index in [1.165, 1.54) is 6.92 Å². The van der Waals surface area contributed by atoms with E-state index in [4.69, 9.17) is 0 Å². The first kappa shape index (κ1) is 8.93. The van der Waals surface area contributed by atoms with Crippen LogP contribution in [0, 0.1) is 0 Å². The molecule has 0 N–H and O–H groups in total. The Morgan fingerprint density at radius 1 is 1.64 bits per heavy atom. The van der Waals surface area contributed by atoms with Gasteiger partial charge in [0.2, 0.25) is 5.91 Å². The minimum Gasteiger partial charge on any atom is -0.331 e. The van der Waals surface area contributed by atoms with Crippen molar-refractivity contribution in [1.29, 1.82) is 0 Å². The number of carbonyl (C=O) groups excluding carboxylic acids is 2. The van der Waals surface area contributed by atoms with Crippen LogP contribution in [0.25, 0.3) is 0 Å². The third-order valence-corrected chi connectivity index (χ3v) is 2.43. The molecule has 0 atom stereocenters. The monoisotopic (exact) mass is 193 g/mol. The van der Waals surface area contributed by atoms with Gasteiger partial charge in [-0.25, -0.2) is 4.98 Å². The summed E-state index contributed by atoms with van der Waals surface area (Å²) in [6.45, 7) is 2.99. The SMILES string of the molecule is CC(=O)N1Cc2ncn(CC=O)c2C1. The summed E-state index contributed by atoms with van der Waals surface area (Å²) in [6, 6.07) is 0. The normalized spacial score (nSPS) is 14.2. The Balaban J connectivity index is 2.23. The molecule has 1 aliphatic heterocycles. The maximum absolute atomic E-state index is 11.1. The summed E-state index contributed by atoms with van der Waals surface area (Å²) in [5.74, 6) is 0.0423. The van der Waals surface area contributed by atoms with E-state index in [0.29, 0.717) is 19.6 Å². The quantitative estimate of drug-likeness (QED) is 0.618. The molecule has 1 aromatic heterocycles. The Labute approximate surface area is 81.3 Å². The van der Waals surface area contributed by atoms with Gasteiger partial charge in [0.25, 0.3) is 0 Å². The zero-order valence-electron chi connectivity index (χ0n) is 7.93. The van der Waals surface area contributed by atoms with Gasteiger partial charge in [0, 0.05) is 6.92 Å². The highest BCUT2D eigenvalue weighted by Gasteiger charge is 2.25. The summed E-state index contributed by atoms with van der Waals surface area (Å²) in [6.07, 6.45) is 2.48. The van der Waals surface area contributed by atoms with Crippen molar-refractivity contribution in [3.63, 3.8) is 0 Å². The molecule has 0 fully saturated rings. The fraction of sp³-hybridized carbons (Fsp3) is 0.444. The molecule has 0 radical (unpaired) electrons. The van der Waals surface area contributed by atoms with Crippen molar-refractivity contribution >= 4 is 12.2 Å². The fourth-order valence-corrected chi connectivity index (χ4v) is 1.64. The molecule has 0 aromatic carbocycles. The summed E-state index contributed by atoms with van der Waals surface area (Å²) >= 11 is 0. The Hall–Kier alpha value is -1.65. The number of aromatic nitrogens is 2. The van der Waals surface area contributed by atoms with E-state index in [1.807, 2.05) is 0 Å². The van der Waals surface area contributed by atoms with E-state index in [-0.39, 0.29) is 5.91 Å². The zero-order valence-corrected chi connectivity index (χ0v) is 7.93. The van der Waals surface area contributed by atoms with E-state index in [0.717, 1.165) is 17.7 Å². The third kappa shape index (κ3) is 1.30. The molecular weight excluding hydrogens is 182 g/mol. The summed E-state index contributed by atoms with van der Waals surface area (Å²) < 4.78 is 1.78. The van der Waals surface area contributed by atoms with Crippen molar-refractivity contribution in [2.24, 2.45) is 0 Å². The van der Waals surface area contributed by atoms with Gasteiger partial charge in [0.1, 0.15) is 6.29 Å². The molecule has 5 nitrogen and oxygen atoms in total. The van der Waals surface area contributed by atoms with Crippen LogP contribution in [0.4, 0.5) is 0 Å². The first-order valence-corrected chi connectivity index (χ1v) is 4.44. The average Bonchev–Trinajstić information content (AvgIpc) is 2.67. The first-order valence-electron chi connectivity index (χ1n) is 4.44. The van der Waals surface area contributed by atoms with Crippen LogP contribution in [-0.4, -0.2) is 26.6 Å². The number of hydrogen-bond donors (Lipinski definition) is 0. The summed E-state index contributed by atoms with van der Waals surface area (Å²) in [5, 5.41) is 0. The number of nitrogens with zero attached hydrogens (tertiary/aromatic N) is 3. The Bertz CT molecular complexity index is 383. The van der Waals surface area contributed by atoms with Gasteiger partial charge in [-0.3, -0.25) is 4.79 Å². The Kier molecular flexibility index (Phi) is 2.07. The molecule has 1 aromatic rings.